The summed E-state index contributed by atoms with van der Waals surface area (Å²) in [5.41, 5.74) is 0.953. The van der Waals surface area contributed by atoms with E-state index >= 15 is 0 Å². The molecule has 0 radical (unpaired) electrons. The Morgan fingerprint density at radius 2 is 1.77 bits per heavy atom. The zero-order valence-corrected chi connectivity index (χ0v) is 18.6. The molecule has 1 aliphatic heterocycles. The van der Waals surface area contributed by atoms with Gasteiger partial charge in [-0.05, 0) is 35.6 Å². The molecule has 0 aromatic heterocycles. The smallest absolute Gasteiger partial charge is 0.241 e. The van der Waals surface area contributed by atoms with Gasteiger partial charge in [-0.1, -0.05) is 55.8 Å². The molecule has 3 amide bonds. The first-order valence-corrected chi connectivity index (χ1v) is 11.3. The minimum Gasteiger partial charge on any atom is -0.347 e. The number of benzene rings is 2. The predicted octanol–water partition coefficient (Wildman–Crippen LogP) is 3.00. The van der Waals surface area contributed by atoms with Crippen LogP contribution in [0.4, 0.5) is 0 Å². The van der Waals surface area contributed by atoms with Crippen molar-refractivity contribution in [2.45, 2.75) is 39.0 Å². The van der Waals surface area contributed by atoms with Gasteiger partial charge < -0.3 is 15.1 Å². The quantitative estimate of drug-likeness (QED) is 0.710. The van der Waals surface area contributed by atoms with Crippen molar-refractivity contribution in [3.63, 3.8) is 0 Å². The first-order valence-electron chi connectivity index (χ1n) is 11.3. The van der Waals surface area contributed by atoms with Gasteiger partial charge in [-0.3, -0.25) is 14.4 Å². The summed E-state index contributed by atoms with van der Waals surface area (Å²) in [6.45, 7) is 4.03. The number of piperidine rings is 1. The molecule has 1 saturated heterocycles. The molecule has 0 spiro atoms. The molecule has 0 atom stereocenters. The Morgan fingerprint density at radius 1 is 1.06 bits per heavy atom. The van der Waals surface area contributed by atoms with Gasteiger partial charge in [0.15, 0.2) is 0 Å². The lowest BCUT2D eigenvalue weighted by molar-refractivity contribution is -0.139. The summed E-state index contributed by atoms with van der Waals surface area (Å²) < 4.78 is 0. The van der Waals surface area contributed by atoms with Crippen LogP contribution >= 0.6 is 0 Å². The average molecular weight is 424 g/mol. The standard InChI is InChI=1S/C25H33N3O3/c1-3-4-14-27(2)25(31)20-12-15-28(16-13-20)24(30)18-26-23(29)17-21-10-7-9-19-8-5-6-11-22(19)21/h5-11,20H,3-4,12-18H2,1-2H3,(H,26,29). The SMILES string of the molecule is CCCCN(C)C(=O)C1CCN(C(=O)CNC(=O)Cc2cccc3ccccc23)CC1. The molecular weight excluding hydrogens is 390 g/mol. The van der Waals surface area contributed by atoms with Crippen LogP contribution in [0.15, 0.2) is 42.5 Å². The Kier molecular flexibility index (Phi) is 8.04. The van der Waals surface area contributed by atoms with Crippen molar-refractivity contribution in [2.24, 2.45) is 5.92 Å². The first kappa shape index (κ1) is 22.8. The van der Waals surface area contributed by atoms with Gasteiger partial charge in [0, 0.05) is 32.6 Å². The second kappa shape index (κ2) is 10.9. The molecule has 0 bridgehead atoms. The van der Waals surface area contributed by atoms with Crippen LogP contribution in [0.1, 0.15) is 38.2 Å². The van der Waals surface area contributed by atoms with Crippen LogP contribution in [-0.2, 0) is 20.8 Å². The summed E-state index contributed by atoms with van der Waals surface area (Å²) in [7, 11) is 1.86. The number of nitrogens with zero attached hydrogens (tertiary/aromatic N) is 2. The molecule has 6 nitrogen and oxygen atoms in total. The molecule has 31 heavy (non-hydrogen) atoms. The van der Waals surface area contributed by atoms with Crippen LogP contribution in [0.3, 0.4) is 0 Å². The maximum Gasteiger partial charge on any atom is 0.241 e. The van der Waals surface area contributed by atoms with E-state index in [1.165, 1.54) is 0 Å². The summed E-state index contributed by atoms with van der Waals surface area (Å²) in [6.07, 6.45) is 3.69. The Bertz CT molecular complexity index is 914. The molecule has 1 heterocycles. The van der Waals surface area contributed by atoms with E-state index in [0.29, 0.717) is 25.9 Å². The average Bonchev–Trinajstić information content (AvgIpc) is 2.81. The molecule has 0 unspecified atom stereocenters. The monoisotopic (exact) mass is 423 g/mol. The zero-order chi connectivity index (χ0) is 22.2. The Labute approximate surface area is 184 Å². The number of carbonyl (C=O) groups excluding carboxylic acids is 3. The largest absolute Gasteiger partial charge is 0.347 e. The number of amides is 3. The van der Waals surface area contributed by atoms with E-state index in [2.05, 4.69) is 12.2 Å². The molecule has 166 valence electrons. The topological polar surface area (TPSA) is 69.7 Å². The molecule has 6 heteroatoms. The molecule has 0 aliphatic carbocycles. The highest BCUT2D eigenvalue weighted by Gasteiger charge is 2.28. The van der Waals surface area contributed by atoms with Crippen molar-refractivity contribution in [3.8, 4) is 0 Å². The van der Waals surface area contributed by atoms with Crippen LogP contribution < -0.4 is 5.32 Å². The van der Waals surface area contributed by atoms with E-state index < -0.39 is 0 Å². The van der Waals surface area contributed by atoms with Gasteiger partial charge in [0.25, 0.3) is 0 Å². The third kappa shape index (κ3) is 6.06. The van der Waals surface area contributed by atoms with Crippen molar-refractivity contribution in [2.75, 3.05) is 33.2 Å². The minimum absolute atomic E-state index is 0.00137. The number of fused-ring (bicyclic) bond motifs is 1. The second-order valence-electron chi connectivity index (χ2n) is 8.36. The van der Waals surface area contributed by atoms with Gasteiger partial charge in [0.05, 0.1) is 13.0 Å². The summed E-state index contributed by atoms with van der Waals surface area (Å²) in [5.74, 6) is -0.0698. The summed E-state index contributed by atoms with van der Waals surface area (Å²) >= 11 is 0. The maximum absolute atomic E-state index is 12.5. The van der Waals surface area contributed by atoms with Crippen LogP contribution in [-0.4, -0.2) is 60.7 Å². The zero-order valence-electron chi connectivity index (χ0n) is 18.6. The fourth-order valence-electron chi connectivity index (χ4n) is 4.16. The Balaban J connectivity index is 1.44. The third-order valence-corrected chi connectivity index (χ3v) is 6.09. The van der Waals surface area contributed by atoms with E-state index in [1.807, 2.05) is 54.4 Å². The Hall–Kier alpha value is -2.89. The van der Waals surface area contributed by atoms with Gasteiger partial charge in [-0.25, -0.2) is 0 Å². The first-order chi connectivity index (χ1) is 15.0. The fourth-order valence-corrected chi connectivity index (χ4v) is 4.16. The summed E-state index contributed by atoms with van der Waals surface area (Å²) in [6, 6.07) is 13.9. The molecule has 2 aromatic rings. The molecule has 2 aromatic carbocycles. The van der Waals surface area contributed by atoms with Crippen molar-refractivity contribution >= 4 is 28.5 Å². The van der Waals surface area contributed by atoms with Crippen LogP contribution in [0.5, 0.6) is 0 Å². The number of unbranched alkanes of at least 4 members (excludes halogenated alkanes) is 1. The van der Waals surface area contributed by atoms with Crippen LogP contribution in [0.2, 0.25) is 0 Å². The third-order valence-electron chi connectivity index (χ3n) is 6.09. The molecule has 1 aliphatic rings. The van der Waals surface area contributed by atoms with E-state index in [9.17, 15) is 14.4 Å². The minimum atomic E-state index is -0.160. The highest BCUT2D eigenvalue weighted by Crippen LogP contribution is 2.20. The van der Waals surface area contributed by atoms with Gasteiger partial charge in [-0.2, -0.15) is 0 Å². The lowest BCUT2D eigenvalue weighted by Crippen LogP contribution is -2.46. The summed E-state index contributed by atoms with van der Waals surface area (Å²) in [5, 5.41) is 4.92. The summed E-state index contributed by atoms with van der Waals surface area (Å²) in [4.78, 5) is 41.1. The van der Waals surface area contributed by atoms with Gasteiger partial charge >= 0.3 is 0 Å². The van der Waals surface area contributed by atoms with Gasteiger partial charge in [0.2, 0.25) is 17.7 Å². The normalized spacial score (nSPS) is 14.5. The molecule has 1 N–H and O–H groups in total. The van der Waals surface area contributed by atoms with E-state index in [4.69, 9.17) is 0 Å². The van der Waals surface area contributed by atoms with Crippen LogP contribution in [0.25, 0.3) is 10.8 Å². The Morgan fingerprint density at radius 3 is 2.52 bits per heavy atom. The number of hydrogen-bond acceptors (Lipinski definition) is 3. The lowest BCUT2D eigenvalue weighted by Gasteiger charge is -2.33. The van der Waals surface area contributed by atoms with Crippen molar-refractivity contribution in [3.05, 3.63) is 48.0 Å². The molecular formula is C25H33N3O3. The molecule has 0 saturated carbocycles. The van der Waals surface area contributed by atoms with E-state index in [0.717, 1.165) is 35.7 Å². The highest BCUT2D eigenvalue weighted by molar-refractivity contribution is 5.91. The van der Waals surface area contributed by atoms with E-state index in [-0.39, 0.29) is 36.6 Å². The van der Waals surface area contributed by atoms with Crippen molar-refractivity contribution in [1.82, 2.24) is 15.1 Å². The number of likely N-dealkylation sites (tertiary alicyclic amines) is 1. The van der Waals surface area contributed by atoms with Crippen molar-refractivity contribution < 1.29 is 14.4 Å². The second-order valence-corrected chi connectivity index (χ2v) is 8.36. The van der Waals surface area contributed by atoms with Gasteiger partial charge in [-0.15, -0.1) is 0 Å². The van der Waals surface area contributed by atoms with Crippen molar-refractivity contribution in [1.29, 1.82) is 0 Å². The maximum atomic E-state index is 12.5. The fraction of sp³-hybridized carbons (Fsp3) is 0.480. The van der Waals surface area contributed by atoms with E-state index in [1.54, 1.807) is 4.90 Å². The number of carbonyl (C=O) groups is 3. The van der Waals surface area contributed by atoms with Gasteiger partial charge in [0.1, 0.15) is 0 Å². The predicted molar refractivity (Wildman–Crippen MR) is 123 cm³/mol. The highest BCUT2D eigenvalue weighted by atomic mass is 16.2. The lowest BCUT2D eigenvalue weighted by atomic mass is 9.95. The number of nitrogens with one attached hydrogen (secondary N) is 1. The molecule has 1 fully saturated rings. The number of rotatable bonds is 8. The molecule has 3 rings (SSSR count). The van der Waals surface area contributed by atoms with Crippen LogP contribution in [0, 0.1) is 5.92 Å². The number of hydrogen-bond donors (Lipinski definition) is 1.